The van der Waals surface area contributed by atoms with Crippen molar-refractivity contribution in [1.82, 2.24) is 5.32 Å². The lowest BCUT2D eigenvalue weighted by molar-refractivity contribution is -0.147. The van der Waals surface area contributed by atoms with Gasteiger partial charge in [0.2, 0.25) is 0 Å². The molecule has 0 unspecified atom stereocenters. The quantitative estimate of drug-likeness (QED) is 0.651. The molecule has 5 heteroatoms. The topological polar surface area (TPSA) is 58.6 Å². The fourth-order valence-corrected chi connectivity index (χ4v) is 5.27. The summed E-state index contributed by atoms with van der Waals surface area (Å²) < 4.78 is 5.19. The van der Waals surface area contributed by atoms with Gasteiger partial charge < -0.3 is 4.74 Å². The number of carbonyl (C=O) groups is 2. The van der Waals surface area contributed by atoms with Gasteiger partial charge >= 0.3 is 5.97 Å². The number of methoxy groups -OCH3 is 1. The Balaban J connectivity index is 1.69. The predicted molar refractivity (Wildman–Crippen MR) is 119 cm³/mol. The van der Waals surface area contributed by atoms with Crippen molar-refractivity contribution in [3.8, 4) is 0 Å². The van der Waals surface area contributed by atoms with Crippen molar-refractivity contribution in [2.24, 2.45) is 11.8 Å². The molecule has 2 aliphatic rings. The number of para-hydroxylation sites is 2. The van der Waals surface area contributed by atoms with Gasteiger partial charge in [-0.1, -0.05) is 73.7 Å². The third-order valence-electron chi connectivity index (χ3n) is 6.72. The number of amides is 1. The van der Waals surface area contributed by atoms with E-state index in [1.165, 1.54) is 7.11 Å². The normalized spacial score (nSPS) is 26.8. The number of esters is 1. The number of rotatable bonds is 3. The highest BCUT2D eigenvalue weighted by Gasteiger charge is 2.64. The molecule has 2 aliphatic heterocycles. The Kier molecular flexibility index (Phi) is 4.63. The van der Waals surface area contributed by atoms with Gasteiger partial charge in [0, 0.05) is 23.2 Å². The van der Waals surface area contributed by atoms with Gasteiger partial charge in [0.25, 0.3) is 5.91 Å². The summed E-state index contributed by atoms with van der Waals surface area (Å²) in [5.41, 5.74) is 2.49. The number of nitrogens with one attached hydrogen (secondary N) is 1. The van der Waals surface area contributed by atoms with Crippen molar-refractivity contribution in [1.29, 1.82) is 0 Å². The molecular weight excluding hydrogens is 388 g/mol. The van der Waals surface area contributed by atoms with Gasteiger partial charge in [-0.25, -0.2) is 0 Å². The number of carbonyl (C=O) groups excluding carboxylic acids is 2. The lowest BCUT2D eigenvalue weighted by atomic mass is 9.76. The standard InChI is InChI=1S/C26H24N2O3/c1-17-22(24(29)31-2)23(18-11-5-3-6-12-18)27-26(17)20-15-9-10-16-21(20)28(25(26)30)19-13-7-4-8-14-19/h3-17,22-23,27H,1-2H3/t17-,22-,23-,26-/m0/s1. The van der Waals surface area contributed by atoms with E-state index in [2.05, 4.69) is 5.32 Å². The number of hydrogen-bond donors (Lipinski definition) is 1. The first-order valence-corrected chi connectivity index (χ1v) is 10.5. The number of ether oxygens (including phenoxy) is 1. The van der Waals surface area contributed by atoms with E-state index in [4.69, 9.17) is 4.74 Å². The molecule has 2 heterocycles. The van der Waals surface area contributed by atoms with E-state index in [1.54, 1.807) is 4.90 Å². The molecule has 0 saturated carbocycles. The van der Waals surface area contributed by atoms with Crippen LogP contribution in [0.15, 0.2) is 84.9 Å². The number of anilines is 2. The van der Waals surface area contributed by atoms with E-state index in [9.17, 15) is 9.59 Å². The molecule has 1 spiro atoms. The van der Waals surface area contributed by atoms with Crippen molar-refractivity contribution < 1.29 is 14.3 Å². The molecule has 0 radical (unpaired) electrons. The van der Waals surface area contributed by atoms with E-state index in [1.807, 2.05) is 91.9 Å². The minimum Gasteiger partial charge on any atom is -0.469 e. The third-order valence-corrected chi connectivity index (χ3v) is 6.72. The molecule has 156 valence electrons. The summed E-state index contributed by atoms with van der Waals surface area (Å²) in [4.78, 5) is 28.8. The second-order valence-electron chi connectivity index (χ2n) is 8.17. The molecule has 1 saturated heterocycles. The number of nitrogens with zero attached hydrogens (tertiary/aromatic N) is 1. The first-order valence-electron chi connectivity index (χ1n) is 10.5. The Hall–Kier alpha value is -3.44. The van der Waals surface area contributed by atoms with Gasteiger partial charge in [-0.3, -0.25) is 19.8 Å². The zero-order chi connectivity index (χ0) is 21.6. The average molecular weight is 412 g/mol. The van der Waals surface area contributed by atoms with Gasteiger partial charge in [0.05, 0.1) is 18.7 Å². The van der Waals surface area contributed by atoms with Crippen molar-refractivity contribution in [3.05, 3.63) is 96.1 Å². The highest BCUT2D eigenvalue weighted by atomic mass is 16.5. The summed E-state index contributed by atoms with van der Waals surface area (Å²) in [7, 11) is 1.41. The van der Waals surface area contributed by atoms with E-state index in [0.29, 0.717) is 0 Å². The molecule has 31 heavy (non-hydrogen) atoms. The third kappa shape index (κ3) is 2.73. The molecule has 1 fully saturated rings. The Labute approximate surface area is 181 Å². The highest BCUT2D eigenvalue weighted by molar-refractivity contribution is 6.13. The predicted octanol–water partition coefficient (Wildman–Crippen LogP) is 4.33. The van der Waals surface area contributed by atoms with Crippen LogP contribution in [0.25, 0.3) is 0 Å². The Morgan fingerprint density at radius 1 is 0.935 bits per heavy atom. The minimum absolute atomic E-state index is 0.0697. The number of fused-ring (bicyclic) bond motifs is 2. The SMILES string of the molecule is COC(=O)[C@@H]1[C@H](c2ccccc2)N[C@@]2(C(=O)N(c3ccccc3)c3ccccc32)[C@H]1C. The van der Waals surface area contributed by atoms with Crippen LogP contribution in [0.1, 0.15) is 24.1 Å². The molecule has 0 bridgehead atoms. The van der Waals surface area contributed by atoms with Crippen molar-refractivity contribution in [2.45, 2.75) is 18.5 Å². The maximum absolute atomic E-state index is 14.1. The van der Waals surface area contributed by atoms with E-state index < -0.39 is 11.5 Å². The molecule has 0 aliphatic carbocycles. The summed E-state index contributed by atoms with van der Waals surface area (Å²) in [6, 6.07) is 26.9. The van der Waals surface area contributed by atoms with Crippen LogP contribution in [0.3, 0.4) is 0 Å². The number of hydrogen-bond acceptors (Lipinski definition) is 4. The Morgan fingerprint density at radius 3 is 2.23 bits per heavy atom. The molecule has 4 atom stereocenters. The zero-order valence-corrected chi connectivity index (χ0v) is 17.5. The van der Waals surface area contributed by atoms with Crippen molar-refractivity contribution >= 4 is 23.3 Å². The number of benzene rings is 3. The smallest absolute Gasteiger partial charge is 0.310 e. The van der Waals surface area contributed by atoms with E-state index in [0.717, 1.165) is 22.5 Å². The fraction of sp³-hybridized carbons (Fsp3) is 0.231. The van der Waals surface area contributed by atoms with E-state index in [-0.39, 0.29) is 23.8 Å². The van der Waals surface area contributed by atoms with Gasteiger partial charge in [-0.2, -0.15) is 0 Å². The van der Waals surface area contributed by atoms with Gasteiger partial charge in [-0.15, -0.1) is 0 Å². The van der Waals surface area contributed by atoms with Gasteiger partial charge in [0.1, 0.15) is 5.54 Å². The van der Waals surface area contributed by atoms with Crippen LogP contribution in [0.5, 0.6) is 0 Å². The Morgan fingerprint density at radius 2 is 1.55 bits per heavy atom. The van der Waals surface area contributed by atoms with Gasteiger partial charge in [0.15, 0.2) is 0 Å². The molecule has 5 rings (SSSR count). The second-order valence-corrected chi connectivity index (χ2v) is 8.17. The highest BCUT2D eigenvalue weighted by Crippen LogP contribution is 2.56. The zero-order valence-electron chi connectivity index (χ0n) is 17.5. The van der Waals surface area contributed by atoms with Crippen LogP contribution < -0.4 is 10.2 Å². The average Bonchev–Trinajstić information content (AvgIpc) is 3.27. The van der Waals surface area contributed by atoms with Crippen LogP contribution in [0, 0.1) is 11.8 Å². The molecular formula is C26H24N2O3. The minimum atomic E-state index is -1.02. The lowest BCUT2D eigenvalue weighted by Gasteiger charge is -2.29. The van der Waals surface area contributed by atoms with Crippen LogP contribution in [-0.4, -0.2) is 19.0 Å². The fourth-order valence-electron chi connectivity index (χ4n) is 5.27. The summed E-state index contributed by atoms with van der Waals surface area (Å²) in [6.07, 6.45) is 0. The summed E-state index contributed by atoms with van der Waals surface area (Å²) in [5, 5.41) is 3.61. The molecule has 1 N–H and O–H groups in total. The maximum atomic E-state index is 14.1. The monoisotopic (exact) mass is 412 g/mol. The van der Waals surface area contributed by atoms with Crippen LogP contribution >= 0.6 is 0 Å². The largest absolute Gasteiger partial charge is 0.469 e. The Bertz CT molecular complexity index is 1130. The van der Waals surface area contributed by atoms with Crippen LogP contribution in [-0.2, 0) is 19.9 Å². The first kappa shape index (κ1) is 19.5. The molecule has 3 aromatic rings. The summed E-state index contributed by atoms with van der Waals surface area (Å²) in [5.74, 6) is -1.19. The first-order chi connectivity index (χ1) is 15.1. The van der Waals surface area contributed by atoms with Crippen molar-refractivity contribution in [2.75, 3.05) is 12.0 Å². The van der Waals surface area contributed by atoms with Crippen LogP contribution in [0.4, 0.5) is 11.4 Å². The van der Waals surface area contributed by atoms with Crippen LogP contribution in [0.2, 0.25) is 0 Å². The molecule has 5 nitrogen and oxygen atoms in total. The van der Waals surface area contributed by atoms with Crippen molar-refractivity contribution in [3.63, 3.8) is 0 Å². The second kappa shape index (κ2) is 7.36. The maximum Gasteiger partial charge on any atom is 0.310 e. The summed E-state index contributed by atoms with van der Waals surface area (Å²) >= 11 is 0. The summed E-state index contributed by atoms with van der Waals surface area (Å²) in [6.45, 7) is 1.97. The van der Waals surface area contributed by atoms with Gasteiger partial charge in [-0.05, 0) is 23.8 Å². The van der Waals surface area contributed by atoms with E-state index >= 15 is 0 Å². The lowest BCUT2D eigenvalue weighted by Crippen LogP contribution is -2.49. The molecule has 0 aromatic heterocycles. The molecule has 1 amide bonds. The molecule has 3 aromatic carbocycles.